The molecule has 0 aromatic heterocycles. The van der Waals surface area contributed by atoms with E-state index in [4.69, 9.17) is 20.1 Å². The molecule has 1 fully saturated rings. The highest BCUT2D eigenvalue weighted by Gasteiger charge is 2.35. The Kier molecular flexibility index (Phi) is 4.08. The molecule has 0 unspecified atom stereocenters. The molecule has 1 rings (SSSR count). The number of hydrogen-bond donors (Lipinski definition) is 3. The van der Waals surface area contributed by atoms with Crippen LogP contribution >= 0.6 is 0 Å². The summed E-state index contributed by atoms with van der Waals surface area (Å²) in [5.41, 5.74) is -0.885. The number of nitrogens with zero attached hydrogens (tertiary/aromatic N) is 1. The van der Waals surface area contributed by atoms with Gasteiger partial charge in [0.1, 0.15) is 0 Å². The lowest BCUT2D eigenvalue weighted by Crippen LogP contribution is -2.60. The van der Waals surface area contributed by atoms with Crippen LogP contribution in [0.5, 0.6) is 0 Å². The highest BCUT2D eigenvalue weighted by Crippen LogP contribution is 2.15. The molecule has 0 saturated carbocycles. The second-order valence-corrected chi connectivity index (χ2v) is 3.30. The Hall–Kier alpha value is -0.200. The third-order valence-electron chi connectivity index (χ3n) is 2.56. The van der Waals surface area contributed by atoms with Crippen LogP contribution in [0, 0.1) is 0 Å². The summed E-state index contributed by atoms with van der Waals surface area (Å²) in [6.07, 6.45) is 0. The predicted octanol–water partition coefficient (Wildman–Crippen LogP) is -1.97. The third kappa shape index (κ3) is 2.18. The Morgan fingerprint density at radius 2 is 1.46 bits per heavy atom. The molecule has 0 bridgehead atoms. The lowest BCUT2D eigenvalue weighted by atomic mass is 10.0. The first-order valence-corrected chi connectivity index (χ1v) is 4.44. The van der Waals surface area contributed by atoms with Crippen molar-refractivity contribution in [1.82, 2.24) is 4.90 Å². The van der Waals surface area contributed by atoms with Gasteiger partial charge >= 0.3 is 0 Å². The molecule has 1 aliphatic heterocycles. The molecule has 78 valence electrons. The Labute approximate surface area is 77.5 Å². The maximum atomic E-state index is 9.13. The van der Waals surface area contributed by atoms with Crippen molar-refractivity contribution in [2.24, 2.45) is 0 Å². The number of ether oxygens (including phenoxy) is 1. The summed E-state index contributed by atoms with van der Waals surface area (Å²) in [5, 5.41) is 27.4. The molecular weight excluding hydrogens is 174 g/mol. The van der Waals surface area contributed by atoms with Crippen molar-refractivity contribution in [3.05, 3.63) is 0 Å². The molecule has 13 heavy (non-hydrogen) atoms. The summed E-state index contributed by atoms with van der Waals surface area (Å²) >= 11 is 0. The fourth-order valence-electron chi connectivity index (χ4n) is 1.49. The second-order valence-electron chi connectivity index (χ2n) is 3.30. The van der Waals surface area contributed by atoms with E-state index in [1.54, 1.807) is 0 Å². The molecule has 0 aliphatic carbocycles. The summed E-state index contributed by atoms with van der Waals surface area (Å²) < 4.78 is 5.14. The fourth-order valence-corrected chi connectivity index (χ4v) is 1.49. The van der Waals surface area contributed by atoms with Crippen LogP contribution in [0.4, 0.5) is 0 Å². The maximum Gasteiger partial charge on any atom is 0.0908 e. The minimum absolute atomic E-state index is 0.236. The van der Waals surface area contributed by atoms with Gasteiger partial charge in [0.25, 0.3) is 0 Å². The zero-order valence-corrected chi connectivity index (χ0v) is 7.65. The van der Waals surface area contributed by atoms with E-state index in [2.05, 4.69) is 0 Å². The van der Waals surface area contributed by atoms with Gasteiger partial charge in [-0.1, -0.05) is 0 Å². The number of aliphatic hydroxyl groups excluding tert-OH is 3. The predicted molar refractivity (Wildman–Crippen MR) is 46.4 cm³/mol. The van der Waals surface area contributed by atoms with Gasteiger partial charge in [0.05, 0.1) is 38.6 Å². The third-order valence-corrected chi connectivity index (χ3v) is 2.56. The quantitative estimate of drug-likeness (QED) is 0.481. The lowest BCUT2D eigenvalue weighted by molar-refractivity contribution is -0.0873. The highest BCUT2D eigenvalue weighted by molar-refractivity contribution is 4.90. The molecule has 1 saturated heterocycles. The first-order valence-electron chi connectivity index (χ1n) is 4.44. The van der Waals surface area contributed by atoms with Crippen molar-refractivity contribution in [1.29, 1.82) is 0 Å². The van der Waals surface area contributed by atoms with E-state index in [0.29, 0.717) is 26.3 Å². The summed E-state index contributed by atoms with van der Waals surface area (Å²) in [4.78, 5) is 1.87. The molecule has 5 nitrogen and oxygen atoms in total. The van der Waals surface area contributed by atoms with Gasteiger partial charge in [-0.2, -0.15) is 0 Å². The van der Waals surface area contributed by atoms with Crippen molar-refractivity contribution in [2.45, 2.75) is 5.54 Å². The van der Waals surface area contributed by atoms with Crippen LogP contribution in [-0.4, -0.2) is 71.9 Å². The number of aliphatic hydroxyl groups is 3. The first-order chi connectivity index (χ1) is 6.29. The largest absolute Gasteiger partial charge is 0.394 e. The number of rotatable bonds is 4. The first kappa shape index (κ1) is 10.9. The Bertz CT molecular complexity index is 135. The Morgan fingerprint density at radius 3 is 1.85 bits per heavy atom. The van der Waals surface area contributed by atoms with E-state index >= 15 is 0 Å². The van der Waals surface area contributed by atoms with Crippen molar-refractivity contribution < 1.29 is 20.1 Å². The van der Waals surface area contributed by atoms with Crippen molar-refractivity contribution >= 4 is 0 Å². The van der Waals surface area contributed by atoms with Gasteiger partial charge in [-0.3, -0.25) is 4.90 Å². The van der Waals surface area contributed by atoms with Gasteiger partial charge in [0.2, 0.25) is 0 Å². The number of hydrogen-bond acceptors (Lipinski definition) is 5. The lowest BCUT2D eigenvalue weighted by Gasteiger charge is -2.42. The van der Waals surface area contributed by atoms with E-state index < -0.39 is 5.54 Å². The zero-order chi connectivity index (χ0) is 9.73. The smallest absolute Gasteiger partial charge is 0.0908 e. The zero-order valence-electron chi connectivity index (χ0n) is 7.65. The molecule has 0 amide bonds. The van der Waals surface area contributed by atoms with Crippen LogP contribution in [0.25, 0.3) is 0 Å². The van der Waals surface area contributed by atoms with Gasteiger partial charge < -0.3 is 20.1 Å². The van der Waals surface area contributed by atoms with E-state index in [1.165, 1.54) is 0 Å². The standard InChI is InChI=1S/C8H17NO4/c10-5-8(6-11,7-12)9-1-3-13-4-2-9/h10-12H,1-7H2. The summed E-state index contributed by atoms with van der Waals surface area (Å²) in [5.74, 6) is 0. The van der Waals surface area contributed by atoms with Crippen molar-refractivity contribution in [3.63, 3.8) is 0 Å². The average molecular weight is 191 g/mol. The van der Waals surface area contributed by atoms with Crippen LogP contribution < -0.4 is 0 Å². The molecule has 0 aromatic carbocycles. The van der Waals surface area contributed by atoms with Crippen LogP contribution in [0.15, 0.2) is 0 Å². The van der Waals surface area contributed by atoms with E-state index in [-0.39, 0.29) is 19.8 Å². The Morgan fingerprint density at radius 1 is 1.00 bits per heavy atom. The van der Waals surface area contributed by atoms with Gasteiger partial charge in [0, 0.05) is 13.1 Å². The minimum Gasteiger partial charge on any atom is -0.394 e. The Balaban J connectivity index is 2.60. The SMILES string of the molecule is OCC(CO)(CO)N1CCOCC1. The minimum atomic E-state index is -0.885. The van der Waals surface area contributed by atoms with Crippen LogP contribution in [-0.2, 0) is 4.74 Å². The molecule has 1 aliphatic rings. The topological polar surface area (TPSA) is 73.2 Å². The summed E-state index contributed by atoms with van der Waals surface area (Å²) in [7, 11) is 0. The molecule has 3 N–H and O–H groups in total. The van der Waals surface area contributed by atoms with Gasteiger partial charge in [-0.05, 0) is 0 Å². The van der Waals surface area contributed by atoms with Gasteiger partial charge in [-0.15, -0.1) is 0 Å². The molecule has 0 aromatic rings. The monoisotopic (exact) mass is 191 g/mol. The van der Waals surface area contributed by atoms with E-state index in [1.807, 2.05) is 4.90 Å². The van der Waals surface area contributed by atoms with E-state index in [0.717, 1.165) is 0 Å². The second kappa shape index (κ2) is 4.88. The fraction of sp³-hybridized carbons (Fsp3) is 1.00. The van der Waals surface area contributed by atoms with Crippen molar-refractivity contribution in [2.75, 3.05) is 46.1 Å². The highest BCUT2D eigenvalue weighted by atomic mass is 16.5. The van der Waals surface area contributed by atoms with Gasteiger partial charge in [-0.25, -0.2) is 0 Å². The van der Waals surface area contributed by atoms with Gasteiger partial charge in [0.15, 0.2) is 0 Å². The van der Waals surface area contributed by atoms with Crippen LogP contribution in [0.2, 0.25) is 0 Å². The molecule has 0 atom stereocenters. The normalized spacial score (nSPS) is 20.5. The van der Waals surface area contributed by atoms with E-state index in [9.17, 15) is 0 Å². The summed E-state index contributed by atoms with van der Waals surface area (Å²) in [6.45, 7) is 1.74. The molecule has 1 heterocycles. The average Bonchev–Trinajstić information content (AvgIpc) is 2.23. The molecule has 0 radical (unpaired) electrons. The summed E-state index contributed by atoms with van der Waals surface area (Å²) in [6, 6.07) is 0. The molecule has 0 spiro atoms. The number of morpholine rings is 1. The van der Waals surface area contributed by atoms with Crippen LogP contribution in [0.3, 0.4) is 0 Å². The molecule has 5 heteroatoms. The van der Waals surface area contributed by atoms with Crippen LogP contribution in [0.1, 0.15) is 0 Å². The van der Waals surface area contributed by atoms with Crippen molar-refractivity contribution in [3.8, 4) is 0 Å². The maximum absolute atomic E-state index is 9.13. The molecular formula is C8H17NO4.